The van der Waals surface area contributed by atoms with Crippen LogP contribution < -0.4 is 14.2 Å². The highest BCUT2D eigenvalue weighted by Gasteiger charge is 2.73. The number of nitrogens with zero attached hydrogens (tertiary/aromatic N) is 1. The van der Waals surface area contributed by atoms with Gasteiger partial charge >= 0.3 is 0 Å². The molecule has 2 aromatic rings. The standard InChI is InChI=1S/C21H19NO4/c1-24-16-9-8-14(18(25-2)19(16)26-3)17-15(11-22)21(17)10-12-6-4-5-7-13(12)20(21)23/h4-9,15,17H,10H2,1-3H3/t15?,17?,21-/m0/s1. The minimum absolute atomic E-state index is 0.0569. The highest BCUT2D eigenvalue weighted by molar-refractivity contribution is 6.08. The van der Waals surface area contributed by atoms with E-state index in [1.165, 1.54) is 0 Å². The Hall–Kier alpha value is -3.00. The summed E-state index contributed by atoms with van der Waals surface area (Å²) < 4.78 is 16.4. The molecule has 132 valence electrons. The van der Waals surface area contributed by atoms with Crippen molar-refractivity contribution in [2.45, 2.75) is 12.3 Å². The van der Waals surface area contributed by atoms with Gasteiger partial charge in [0.2, 0.25) is 5.75 Å². The first-order valence-corrected chi connectivity index (χ1v) is 8.45. The Morgan fingerprint density at radius 3 is 2.38 bits per heavy atom. The number of Topliss-reactive ketones (excluding diaryl/α,β-unsaturated/α-hetero) is 1. The van der Waals surface area contributed by atoms with Crippen molar-refractivity contribution in [3.05, 3.63) is 53.1 Å². The summed E-state index contributed by atoms with van der Waals surface area (Å²) in [6, 6.07) is 13.6. The van der Waals surface area contributed by atoms with Crippen LogP contribution in [0, 0.1) is 22.7 Å². The van der Waals surface area contributed by atoms with E-state index in [1.807, 2.05) is 30.3 Å². The van der Waals surface area contributed by atoms with Crippen LogP contribution in [0.25, 0.3) is 0 Å². The number of ketones is 1. The van der Waals surface area contributed by atoms with Crippen molar-refractivity contribution in [1.29, 1.82) is 5.26 Å². The lowest BCUT2D eigenvalue weighted by atomic mass is 9.93. The van der Waals surface area contributed by atoms with E-state index < -0.39 is 5.41 Å². The third kappa shape index (κ3) is 1.93. The lowest BCUT2D eigenvalue weighted by Crippen LogP contribution is -2.14. The number of carbonyl (C=O) groups is 1. The highest BCUT2D eigenvalue weighted by atomic mass is 16.5. The van der Waals surface area contributed by atoms with Crippen molar-refractivity contribution < 1.29 is 19.0 Å². The molecule has 2 aliphatic carbocycles. The molecule has 0 bridgehead atoms. The van der Waals surface area contributed by atoms with E-state index in [4.69, 9.17) is 14.2 Å². The molecule has 0 radical (unpaired) electrons. The normalized spacial score (nSPS) is 25.5. The molecule has 0 aromatic heterocycles. The topological polar surface area (TPSA) is 68.5 Å². The van der Waals surface area contributed by atoms with E-state index >= 15 is 0 Å². The summed E-state index contributed by atoms with van der Waals surface area (Å²) in [7, 11) is 4.67. The molecule has 5 heteroatoms. The van der Waals surface area contributed by atoms with Gasteiger partial charge in [0.05, 0.1) is 38.7 Å². The van der Waals surface area contributed by atoms with Crippen LogP contribution in [0.2, 0.25) is 0 Å². The van der Waals surface area contributed by atoms with Crippen LogP contribution in [0.5, 0.6) is 17.2 Å². The maximum atomic E-state index is 13.2. The van der Waals surface area contributed by atoms with Crippen LogP contribution in [0.3, 0.4) is 0 Å². The van der Waals surface area contributed by atoms with Gasteiger partial charge < -0.3 is 14.2 Å². The summed E-state index contributed by atoms with van der Waals surface area (Å²) in [4.78, 5) is 13.2. The molecule has 0 N–H and O–H groups in total. The fourth-order valence-corrected chi connectivity index (χ4v) is 4.50. The van der Waals surface area contributed by atoms with Crippen molar-refractivity contribution in [1.82, 2.24) is 0 Å². The second-order valence-corrected chi connectivity index (χ2v) is 6.71. The van der Waals surface area contributed by atoms with Crippen LogP contribution >= 0.6 is 0 Å². The van der Waals surface area contributed by atoms with Gasteiger partial charge in [0.25, 0.3) is 0 Å². The number of hydrogen-bond donors (Lipinski definition) is 0. The Labute approximate surface area is 152 Å². The number of fused-ring (bicyclic) bond motifs is 1. The zero-order valence-corrected chi connectivity index (χ0v) is 14.9. The zero-order valence-electron chi connectivity index (χ0n) is 14.9. The number of rotatable bonds is 4. The van der Waals surface area contributed by atoms with Gasteiger partial charge in [-0.1, -0.05) is 30.3 Å². The van der Waals surface area contributed by atoms with Gasteiger partial charge in [-0.05, 0) is 18.1 Å². The molecule has 1 spiro atoms. The summed E-state index contributed by atoms with van der Waals surface area (Å²) in [5, 5.41) is 9.75. The van der Waals surface area contributed by atoms with Crippen LogP contribution in [0.1, 0.15) is 27.4 Å². The lowest BCUT2D eigenvalue weighted by Gasteiger charge is -2.16. The van der Waals surface area contributed by atoms with Crippen molar-refractivity contribution in [3.63, 3.8) is 0 Å². The third-order valence-corrected chi connectivity index (χ3v) is 5.71. The largest absolute Gasteiger partial charge is 0.493 e. The number of methoxy groups -OCH3 is 3. The Kier molecular flexibility index (Phi) is 3.66. The first-order valence-electron chi connectivity index (χ1n) is 8.45. The van der Waals surface area contributed by atoms with Gasteiger partial charge in [0.15, 0.2) is 17.3 Å². The van der Waals surface area contributed by atoms with Gasteiger partial charge in [-0.15, -0.1) is 0 Å². The summed E-state index contributed by atoms with van der Waals surface area (Å²) in [6.07, 6.45) is 0.586. The Morgan fingerprint density at radius 2 is 1.77 bits per heavy atom. The summed E-state index contributed by atoms with van der Waals surface area (Å²) in [6.45, 7) is 0. The average molecular weight is 349 g/mol. The van der Waals surface area contributed by atoms with Crippen molar-refractivity contribution in [2.75, 3.05) is 21.3 Å². The molecule has 0 amide bonds. The Bertz CT molecular complexity index is 946. The molecule has 1 fully saturated rings. The minimum Gasteiger partial charge on any atom is -0.493 e. The molecule has 26 heavy (non-hydrogen) atoms. The fourth-order valence-electron chi connectivity index (χ4n) is 4.50. The smallest absolute Gasteiger partial charge is 0.203 e. The van der Waals surface area contributed by atoms with Gasteiger partial charge in [0.1, 0.15) is 0 Å². The fraction of sp³-hybridized carbons (Fsp3) is 0.333. The predicted octanol–water partition coefficient (Wildman–Crippen LogP) is 3.37. The average Bonchev–Trinajstić information content (AvgIpc) is 3.23. The monoisotopic (exact) mass is 349 g/mol. The van der Waals surface area contributed by atoms with E-state index in [0.29, 0.717) is 23.7 Å². The van der Waals surface area contributed by atoms with Crippen LogP contribution in [0.15, 0.2) is 36.4 Å². The molecule has 4 rings (SSSR count). The maximum absolute atomic E-state index is 13.2. The van der Waals surface area contributed by atoms with E-state index in [2.05, 4.69) is 6.07 Å². The maximum Gasteiger partial charge on any atom is 0.203 e. The number of hydrogen-bond acceptors (Lipinski definition) is 5. The lowest BCUT2D eigenvalue weighted by molar-refractivity contribution is 0.0908. The van der Waals surface area contributed by atoms with Gasteiger partial charge in [0, 0.05) is 17.0 Å². The SMILES string of the molecule is COc1ccc(C2C(C#N)[C@@]23Cc2ccccc2C3=O)c(OC)c1OC. The number of ether oxygens (including phenoxy) is 3. The van der Waals surface area contributed by atoms with E-state index in [9.17, 15) is 10.1 Å². The third-order valence-electron chi connectivity index (χ3n) is 5.71. The molecule has 0 heterocycles. The summed E-state index contributed by atoms with van der Waals surface area (Å²) in [5.41, 5.74) is 1.86. The van der Waals surface area contributed by atoms with E-state index in [-0.39, 0.29) is 17.6 Å². The number of nitriles is 1. The molecule has 5 nitrogen and oxygen atoms in total. The quantitative estimate of drug-likeness (QED) is 0.846. The first kappa shape index (κ1) is 16.5. The first-order chi connectivity index (χ1) is 12.6. The second-order valence-electron chi connectivity index (χ2n) is 6.71. The van der Waals surface area contributed by atoms with Crippen LogP contribution in [-0.2, 0) is 6.42 Å². The minimum atomic E-state index is -0.703. The van der Waals surface area contributed by atoms with Crippen molar-refractivity contribution >= 4 is 5.78 Å². The summed E-state index contributed by atoms with van der Waals surface area (Å²) >= 11 is 0. The van der Waals surface area contributed by atoms with Crippen LogP contribution in [-0.4, -0.2) is 27.1 Å². The van der Waals surface area contributed by atoms with E-state index in [0.717, 1.165) is 16.7 Å². The van der Waals surface area contributed by atoms with Gasteiger partial charge in [-0.25, -0.2) is 0 Å². The molecular formula is C21H19NO4. The molecule has 2 aliphatic rings. The van der Waals surface area contributed by atoms with Crippen molar-refractivity contribution in [3.8, 4) is 23.3 Å². The molecule has 2 unspecified atom stereocenters. The Morgan fingerprint density at radius 1 is 1.04 bits per heavy atom. The summed E-state index contributed by atoms with van der Waals surface area (Å²) in [5.74, 6) is 1.02. The van der Waals surface area contributed by atoms with Crippen molar-refractivity contribution in [2.24, 2.45) is 11.3 Å². The zero-order chi connectivity index (χ0) is 18.5. The predicted molar refractivity (Wildman–Crippen MR) is 94.9 cm³/mol. The van der Waals surface area contributed by atoms with Crippen LogP contribution in [0.4, 0.5) is 0 Å². The molecule has 1 saturated carbocycles. The molecule has 0 saturated heterocycles. The molecule has 3 atom stereocenters. The molecule has 2 aromatic carbocycles. The van der Waals surface area contributed by atoms with Gasteiger partial charge in [-0.3, -0.25) is 4.79 Å². The van der Waals surface area contributed by atoms with Gasteiger partial charge in [-0.2, -0.15) is 5.26 Å². The molecular weight excluding hydrogens is 330 g/mol. The van der Waals surface area contributed by atoms with E-state index in [1.54, 1.807) is 27.4 Å². The Balaban J connectivity index is 1.84. The number of benzene rings is 2. The highest BCUT2D eigenvalue weighted by Crippen LogP contribution is 2.71. The second kappa shape index (κ2) is 5.77. The molecule has 0 aliphatic heterocycles. The number of carbonyl (C=O) groups excluding carboxylic acids is 1.